The monoisotopic (exact) mass is 362 g/mol. The van der Waals surface area contributed by atoms with Crippen molar-refractivity contribution in [2.24, 2.45) is 5.73 Å². The highest BCUT2D eigenvalue weighted by Crippen LogP contribution is 2.32. The van der Waals surface area contributed by atoms with Crippen LogP contribution in [0.4, 0.5) is 0 Å². The minimum atomic E-state index is -4.29. The van der Waals surface area contributed by atoms with E-state index in [1.54, 1.807) is 0 Å². The number of nitrogens with one attached hydrogen (secondary N) is 1. The van der Waals surface area contributed by atoms with Gasteiger partial charge in [0.25, 0.3) is 0 Å². The van der Waals surface area contributed by atoms with E-state index in [1.807, 2.05) is 0 Å². The molecule has 0 amide bonds. The molecule has 124 valence electrons. The molecule has 0 aromatic heterocycles. The van der Waals surface area contributed by atoms with Crippen LogP contribution >= 0.6 is 29.2 Å². The number of rotatable bonds is 12. The normalized spacial score (nSPS) is 14.6. The van der Waals surface area contributed by atoms with E-state index in [0.29, 0.717) is 17.9 Å². The molecule has 2 atom stereocenters. The zero-order valence-electron chi connectivity index (χ0n) is 11.0. The Morgan fingerprint density at radius 1 is 1.10 bits per heavy atom. The summed E-state index contributed by atoms with van der Waals surface area (Å²) in [6.45, 7) is 0. The third-order valence-electron chi connectivity index (χ3n) is 2.24. The van der Waals surface area contributed by atoms with E-state index in [-0.39, 0.29) is 6.42 Å². The summed E-state index contributed by atoms with van der Waals surface area (Å²) in [7, 11) is -1.55. The smallest absolute Gasteiger partial charge is 0.339 e. The average molecular weight is 362 g/mol. The summed E-state index contributed by atoms with van der Waals surface area (Å²) in [5.74, 6) is -1.28. The van der Waals surface area contributed by atoms with Gasteiger partial charge >= 0.3 is 19.5 Å². The van der Waals surface area contributed by atoms with Gasteiger partial charge in [-0.2, -0.15) is 0 Å². The fraction of sp³-hybridized carbons (Fsp3) is 0.778. The fourth-order valence-electron chi connectivity index (χ4n) is 1.12. The highest BCUT2D eigenvalue weighted by atomic mass is 33.1. The minimum absolute atomic E-state index is 0.192. The Bertz CT molecular complexity index is 392. The van der Waals surface area contributed by atoms with Gasteiger partial charge in [-0.1, -0.05) is 21.6 Å². The van der Waals surface area contributed by atoms with E-state index in [1.165, 1.54) is 21.6 Å². The van der Waals surface area contributed by atoms with E-state index in [2.05, 4.69) is 5.32 Å². The summed E-state index contributed by atoms with van der Waals surface area (Å²) in [4.78, 5) is 38.7. The summed E-state index contributed by atoms with van der Waals surface area (Å²) < 4.78 is 10.7. The Hall–Kier alpha value is -0.290. The molecule has 0 saturated carbocycles. The quantitative estimate of drug-likeness (QED) is 0.153. The highest BCUT2D eigenvalue weighted by Gasteiger charge is 2.21. The van der Waals surface area contributed by atoms with Gasteiger partial charge in [-0.3, -0.25) is 19.5 Å². The molecule has 0 bridgehead atoms. The van der Waals surface area contributed by atoms with E-state index in [0.717, 1.165) is 0 Å². The van der Waals surface area contributed by atoms with Crippen LogP contribution in [0.2, 0.25) is 0 Å². The van der Waals surface area contributed by atoms with Crippen LogP contribution in [0.3, 0.4) is 0 Å². The Morgan fingerprint density at radius 2 is 1.62 bits per heavy atom. The van der Waals surface area contributed by atoms with Gasteiger partial charge in [-0.05, 0) is 12.8 Å². The second kappa shape index (κ2) is 10.4. The summed E-state index contributed by atoms with van der Waals surface area (Å²) in [5, 5.41) is 19.8. The van der Waals surface area contributed by atoms with Gasteiger partial charge in [0.05, 0.1) is 6.29 Å². The molecular weight excluding hydrogens is 343 g/mol. The zero-order valence-corrected chi connectivity index (χ0v) is 13.6. The van der Waals surface area contributed by atoms with Gasteiger partial charge in [-0.25, -0.2) is 0 Å². The number of hydrogen-bond acceptors (Lipinski definition) is 7. The molecule has 0 fully saturated rings. The Balaban J connectivity index is 3.82. The van der Waals surface area contributed by atoms with E-state index < -0.39 is 37.9 Å². The molecule has 12 heteroatoms. The predicted octanol–water partition coefficient (Wildman–Crippen LogP) is -0.262. The molecule has 0 aromatic carbocycles. The summed E-state index contributed by atoms with van der Waals surface area (Å²) in [6, 6.07) is -1.94. The first kappa shape index (κ1) is 20.7. The van der Waals surface area contributed by atoms with Crippen molar-refractivity contribution in [2.75, 3.05) is 17.8 Å². The van der Waals surface area contributed by atoms with Crippen molar-refractivity contribution < 1.29 is 34.2 Å². The third-order valence-corrected chi connectivity index (χ3v) is 5.31. The lowest BCUT2D eigenvalue weighted by atomic mass is 10.2. The molecule has 0 aliphatic carbocycles. The molecular formula is C9H19N2O7PS2. The molecule has 0 rings (SSSR count). The number of hydrogen-bond donors (Lipinski definition) is 6. The van der Waals surface area contributed by atoms with Gasteiger partial charge in [0.2, 0.25) is 0 Å². The van der Waals surface area contributed by atoms with Crippen LogP contribution in [-0.4, -0.2) is 61.8 Å². The van der Waals surface area contributed by atoms with Gasteiger partial charge < -0.3 is 25.7 Å². The Kier molecular flexibility index (Phi) is 10.3. The van der Waals surface area contributed by atoms with Gasteiger partial charge in [-0.15, -0.1) is 0 Å². The molecule has 9 nitrogen and oxygen atoms in total. The molecule has 0 spiro atoms. The second-order valence-corrected chi connectivity index (χ2v) is 8.43. The van der Waals surface area contributed by atoms with Gasteiger partial charge in [0, 0.05) is 11.5 Å². The van der Waals surface area contributed by atoms with E-state index in [4.69, 9.17) is 25.7 Å². The lowest BCUT2D eigenvalue weighted by Gasteiger charge is -2.14. The number of aliphatic carboxylic acids is 2. The molecule has 0 radical (unpaired) electrons. The average Bonchev–Trinajstić information content (AvgIpc) is 2.34. The molecule has 7 N–H and O–H groups in total. The largest absolute Gasteiger partial charge is 0.480 e. The van der Waals surface area contributed by atoms with Crippen molar-refractivity contribution in [1.29, 1.82) is 0 Å². The number of nitrogens with two attached hydrogens (primary N) is 1. The van der Waals surface area contributed by atoms with Crippen molar-refractivity contribution in [3.8, 4) is 0 Å². The number of carboxylic acid groups (broad SMARTS) is 2. The Labute approximate surface area is 129 Å². The van der Waals surface area contributed by atoms with Crippen molar-refractivity contribution in [1.82, 2.24) is 5.32 Å². The van der Waals surface area contributed by atoms with Crippen LogP contribution in [0, 0.1) is 0 Å². The standard InChI is InChI=1S/C9H19N2O7PS2/c10-6(8(12)13)1-3-20-21-4-2-7(9(14)15)11-5-19(16,17)18/h6-7,11H,1-5,10H2,(H,12,13)(H,14,15)(H2,16,17,18)/t6?,7-/m0/s1. The number of carboxylic acids is 2. The second-order valence-electron chi connectivity index (χ2n) is 4.08. The minimum Gasteiger partial charge on any atom is -0.480 e. The summed E-state index contributed by atoms with van der Waals surface area (Å²) >= 11 is 0. The fourth-order valence-corrected chi connectivity index (χ4v) is 3.78. The Morgan fingerprint density at radius 3 is 2.05 bits per heavy atom. The van der Waals surface area contributed by atoms with Crippen LogP contribution in [0.25, 0.3) is 0 Å². The topological polar surface area (TPSA) is 170 Å². The first-order valence-electron chi connectivity index (χ1n) is 5.87. The predicted molar refractivity (Wildman–Crippen MR) is 81.2 cm³/mol. The van der Waals surface area contributed by atoms with E-state index >= 15 is 0 Å². The molecule has 0 aliphatic heterocycles. The molecule has 0 saturated heterocycles. The molecule has 0 aromatic rings. The van der Waals surface area contributed by atoms with Crippen molar-refractivity contribution >= 4 is 41.1 Å². The molecule has 1 unspecified atom stereocenters. The van der Waals surface area contributed by atoms with Crippen LogP contribution in [0.1, 0.15) is 12.8 Å². The van der Waals surface area contributed by atoms with Crippen LogP contribution in [0.15, 0.2) is 0 Å². The highest BCUT2D eigenvalue weighted by molar-refractivity contribution is 8.76. The first-order chi connectivity index (χ1) is 9.63. The van der Waals surface area contributed by atoms with Gasteiger partial charge in [0.1, 0.15) is 12.1 Å². The molecule has 0 aliphatic rings. The molecule has 0 heterocycles. The van der Waals surface area contributed by atoms with Crippen LogP contribution in [-0.2, 0) is 14.2 Å². The third kappa shape index (κ3) is 12.0. The van der Waals surface area contributed by atoms with Crippen molar-refractivity contribution in [3.63, 3.8) is 0 Å². The first-order valence-corrected chi connectivity index (χ1v) is 10.2. The maximum absolute atomic E-state index is 10.9. The lowest BCUT2D eigenvalue weighted by Crippen LogP contribution is -2.37. The van der Waals surface area contributed by atoms with Crippen LogP contribution < -0.4 is 11.1 Å². The molecule has 21 heavy (non-hydrogen) atoms. The zero-order chi connectivity index (χ0) is 16.5. The van der Waals surface area contributed by atoms with Gasteiger partial charge in [0.15, 0.2) is 0 Å². The number of carbonyl (C=O) groups is 2. The van der Waals surface area contributed by atoms with E-state index in [9.17, 15) is 14.2 Å². The summed E-state index contributed by atoms with van der Waals surface area (Å²) in [6.07, 6.45) is -0.182. The van der Waals surface area contributed by atoms with Crippen LogP contribution in [0.5, 0.6) is 0 Å². The maximum atomic E-state index is 10.9. The SMILES string of the molecule is NC(CCSSCC[C@H](NCP(=O)(O)O)C(=O)O)C(=O)O. The lowest BCUT2D eigenvalue weighted by molar-refractivity contribution is -0.140. The van der Waals surface area contributed by atoms with Crippen molar-refractivity contribution in [2.45, 2.75) is 24.9 Å². The summed E-state index contributed by atoms with van der Waals surface area (Å²) in [5.41, 5.74) is 5.32. The van der Waals surface area contributed by atoms with Crippen molar-refractivity contribution in [3.05, 3.63) is 0 Å². The maximum Gasteiger partial charge on any atom is 0.339 e.